The third-order valence-electron chi connectivity index (χ3n) is 6.14. The Hall–Kier alpha value is -2.48. The molecule has 1 aliphatic heterocycles. The summed E-state index contributed by atoms with van der Waals surface area (Å²) in [4.78, 5) is 26.7. The number of carbonyl (C=O) groups is 2. The zero-order valence-electron chi connectivity index (χ0n) is 18.6. The first-order valence-electron chi connectivity index (χ1n) is 11.4. The molecular formula is C28H30AsNO2. The molecule has 1 atom stereocenters. The average molecular weight is 487 g/mol. The van der Waals surface area contributed by atoms with Crippen molar-refractivity contribution in [3.63, 3.8) is 0 Å². The van der Waals surface area contributed by atoms with Gasteiger partial charge in [-0.1, -0.05) is 0 Å². The number of benzene rings is 3. The molecule has 0 saturated carbocycles. The summed E-state index contributed by atoms with van der Waals surface area (Å²) in [6, 6.07) is 24.5. The maximum atomic E-state index is 12.6. The van der Waals surface area contributed by atoms with Gasteiger partial charge in [-0.2, -0.15) is 0 Å². The predicted molar refractivity (Wildman–Crippen MR) is 133 cm³/mol. The van der Waals surface area contributed by atoms with Crippen molar-refractivity contribution in [1.82, 2.24) is 4.90 Å². The Bertz CT molecular complexity index is 1080. The van der Waals surface area contributed by atoms with Gasteiger partial charge >= 0.3 is 198 Å². The molecule has 0 saturated heterocycles. The van der Waals surface area contributed by atoms with Crippen molar-refractivity contribution in [3.8, 4) is 11.1 Å². The number of carbonyl (C=O) groups excluding carboxylic acids is 2. The fraction of sp³-hybridized carbons (Fsp3) is 0.286. The summed E-state index contributed by atoms with van der Waals surface area (Å²) in [5, 5.41) is 1.05. The van der Waals surface area contributed by atoms with Crippen LogP contribution in [-0.2, 0) is 13.0 Å². The molecule has 1 aliphatic rings. The standard InChI is InChI=1S/C28H30AsNO2/c1-21(31)26-14-11-24-15-18-30(20-27(24)19-26)17-6-5-16-29-28(32)25-12-9-23(10-13-25)22-7-3-2-4-8-22/h2-4,7-14,19,29H,5-6,15-18,20H2,1H3. The van der Waals surface area contributed by atoms with E-state index in [1.165, 1.54) is 16.7 Å². The maximum absolute atomic E-state index is 12.6. The van der Waals surface area contributed by atoms with Gasteiger partial charge in [0, 0.05) is 0 Å². The van der Waals surface area contributed by atoms with Gasteiger partial charge in [-0.05, 0) is 0 Å². The van der Waals surface area contributed by atoms with Crippen LogP contribution >= 0.6 is 0 Å². The number of hydrogen-bond donors (Lipinski definition) is 0. The molecule has 3 aromatic rings. The SMILES string of the molecule is CC(=O)c1ccc2c(c1)CN(CCCC[AsH]C(=O)c1ccc(-c3ccccc3)cc1)CC2. The Morgan fingerprint density at radius 3 is 2.31 bits per heavy atom. The van der Waals surface area contributed by atoms with Crippen molar-refractivity contribution in [3.05, 3.63) is 95.1 Å². The molecule has 0 radical (unpaired) electrons. The van der Waals surface area contributed by atoms with Crippen LogP contribution in [0.1, 0.15) is 51.6 Å². The van der Waals surface area contributed by atoms with E-state index in [4.69, 9.17) is 0 Å². The van der Waals surface area contributed by atoms with Gasteiger partial charge in [0.2, 0.25) is 0 Å². The zero-order chi connectivity index (χ0) is 22.3. The average Bonchev–Trinajstić information content (AvgIpc) is 2.84. The van der Waals surface area contributed by atoms with Gasteiger partial charge in [0.25, 0.3) is 0 Å². The van der Waals surface area contributed by atoms with Crippen molar-refractivity contribution in [2.75, 3.05) is 13.1 Å². The molecule has 164 valence electrons. The van der Waals surface area contributed by atoms with Crippen LogP contribution in [0.2, 0.25) is 5.21 Å². The second-order valence-corrected chi connectivity index (χ2v) is 11.2. The van der Waals surface area contributed by atoms with E-state index in [0.717, 1.165) is 60.8 Å². The van der Waals surface area contributed by atoms with E-state index in [2.05, 4.69) is 41.3 Å². The van der Waals surface area contributed by atoms with E-state index in [1.54, 1.807) is 6.92 Å². The van der Waals surface area contributed by atoms with Crippen molar-refractivity contribution in [2.45, 2.75) is 37.9 Å². The van der Waals surface area contributed by atoms with Gasteiger partial charge in [0.1, 0.15) is 0 Å². The van der Waals surface area contributed by atoms with E-state index in [-0.39, 0.29) is 5.78 Å². The second kappa shape index (κ2) is 10.9. The van der Waals surface area contributed by atoms with Crippen LogP contribution in [0.5, 0.6) is 0 Å². The molecule has 0 spiro atoms. The number of unbranched alkanes of at least 4 members (excludes halogenated alkanes) is 1. The molecule has 4 rings (SSSR count). The van der Waals surface area contributed by atoms with Crippen LogP contribution in [0.4, 0.5) is 0 Å². The molecule has 3 nitrogen and oxygen atoms in total. The van der Waals surface area contributed by atoms with E-state index in [1.807, 2.05) is 36.4 Å². The molecule has 1 heterocycles. The summed E-state index contributed by atoms with van der Waals surface area (Å²) in [7, 11) is 0. The molecule has 4 heteroatoms. The third-order valence-corrected chi connectivity index (χ3v) is 8.69. The van der Waals surface area contributed by atoms with Crippen LogP contribution in [0.3, 0.4) is 0 Å². The summed E-state index contributed by atoms with van der Waals surface area (Å²) in [6.07, 6.45) is 3.30. The van der Waals surface area contributed by atoms with E-state index < -0.39 is 15.8 Å². The molecule has 0 aliphatic carbocycles. The molecule has 0 fully saturated rings. The Balaban J connectivity index is 1.19. The Kier molecular flexibility index (Phi) is 7.73. The third kappa shape index (κ3) is 5.85. The number of hydrogen-bond acceptors (Lipinski definition) is 3. The van der Waals surface area contributed by atoms with Gasteiger partial charge in [-0.3, -0.25) is 0 Å². The van der Waals surface area contributed by atoms with Crippen LogP contribution in [0.15, 0.2) is 72.8 Å². The zero-order valence-corrected chi connectivity index (χ0v) is 20.7. The molecule has 3 aromatic carbocycles. The van der Waals surface area contributed by atoms with Crippen LogP contribution in [0.25, 0.3) is 11.1 Å². The summed E-state index contributed by atoms with van der Waals surface area (Å²) in [6.45, 7) is 4.70. The molecule has 0 N–H and O–H groups in total. The predicted octanol–water partition coefficient (Wildman–Crippen LogP) is 5.39. The second-order valence-electron chi connectivity index (χ2n) is 8.47. The summed E-state index contributed by atoms with van der Waals surface area (Å²) in [5.41, 5.74) is 6.68. The minimum atomic E-state index is -0.608. The van der Waals surface area contributed by atoms with Crippen LogP contribution in [0, 0.1) is 0 Å². The van der Waals surface area contributed by atoms with E-state index in [0.29, 0.717) is 4.57 Å². The Morgan fingerprint density at radius 2 is 1.56 bits per heavy atom. The normalized spacial score (nSPS) is 13.9. The molecule has 1 unspecified atom stereocenters. The quantitative estimate of drug-likeness (QED) is 0.231. The van der Waals surface area contributed by atoms with Gasteiger partial charge in [-0.15, -0.1) is 0 Å². The molecule has 0 aromatic heterocycles. The topological polar surface area (TPSA) is 37.4 Å². The van der Waals surface area contributed by atoms with Crippen LogP contribution in [-0.4, -0.2) is 44.1 Å². The van der Waals surface area contributed by atoms with Crippen molar-refractivity contribution in [2.24, 2.45) is 0 Å². The monoisotopic (exact) mass is 487 g/mol. The first kappa shape index (κ1) is 22.7. The fourth-order valence-electron chi connectivity index (χ4n) is 4.23. The summed E-state index contributed by atoms with van der Waals surface area (Å²) in [5.74, 6) is 0.133. The summed E-state index contributed by atoms with van der Waals surface area (Å²) >= 11 is -0.608. The van der Waals surface area contributed by atoms with E-state index in [9.17, 15) is 9.59 Å². The number of fused-ring (bicyclic) bond motifs is 1. The number of nitrogens with zero attached hydrogens (tertiary/aromatic N) is 1. The molecular weight excluding hydrogens is 457 g/mol. The van der Waals surface area contributed by atoms with Gasteiger partial charge < -0.3 is 0 Å². The fourth-order valence-corrected chi connectivity index (χ4v) is 6.38. The Morgan fingerprint density at radius 1 is 0.844 bits per heavy atom. The van der Waals surface area contributed by atoms with E-state index >= 15 is 0 Å². The number of Topliss-reactive ketones (excluding diaryl/α,β-unsaturated/α-hetero) is 1. The van der Waals surface area contributed by atoms with Gasteiger partial charge in [0.15, 0.2) is 0 Å². The van der Waals surface area contributed by atoms with Crippen molar-refractivity contribution >= 4 is 26.1 Å². The minimum absolute atomic E-state index is 0.133. The summed E-state index contributed by atoms with van der Waals surface area (Å²) < 4.78 is 0.355. The molecule has 0 bridgehead atoms. The molecule has 0 amide bonds. The first-order chi connectivity index (χ1) is 15.6. The number of rotatable bonds is 9. The van der Waals surface area contributed by atoms with Crippen molar-refractivity contribution < 1.29 is 9.59 Å². The first-order valence-corrected chi connectivity index (χ1v) is 13.9. The number of ketones is 1. The van der Waals surface area contributed by atoms with Crippen molar-refractivity contribution in [1.29, 1.82) is 0 Å². The van der Waals surface area contributed by atoms with Crippen LogP contribution < -0.4 is 0 Å². The Labute approximate surface area is 197 Å². The van der Waals surface area contributed by atoms with Gasteiger partial charge in [0.05, 0.1) is 0 Å². The van der Waals surface area contributed by atoms with Gasteiger partial charge in [-0.25, -0.2) is 0 Å². The molecule has 32 heavy (non-hydrogen) atoms.